The number of rotatable bonds is 4. The number of nitrogens with zero attached hydrogens (tertiary/aromatic N) is 3. The van der Waals surface area contributed by atoms with Crippen molar-refractivity contribution in [2.24, 2.45) is 0 Å². The van der Waals surface area contributed by atoms with E-state index in [2.05, 4.69) is 0 Å². The van der Waals surface area contributed by atoms with Crippen LogP contribution in [0, 0.1) is 6.92 Å². The molecule has 7 nitrogen and oxygen atoms in total. The monoisotopic (exact) mass is 475 g/mol. The van der Waals surface area contributed by atoms with Crippen LogP contribution in [0.5, 0.6) is 0 Å². The van der Waals surface area contributed by atoms with Crippen molar-refractivity contribution in [2.75, 3.05) is 32.8 Å². The van der Waals surface area contributed by atoms with Crippen LogP contribution in [0.3, 0.4) is 0 Å². The van der Waals surface area contributed by atoms with Gasteiger partial charge < -0.3 is 14.5 Å². The number of likely N-dealkylation sites (tertiary alicyclic amines) is 2. The summed E-state index contributed by atoms with van der Waals surface area (Å²) in [6.45, 7) is 4.64. The summed E-state index contributed by atoms with van der Waals surface area (Å²) in [6, 6.07) is 16.6. The third-order valence-corrected chi connectivity index (χ3v) is 7.58. The van der Waals surface area contributed by atoms with Gasteiger partial charge in [0, 0.05) is 44.6 Å². The van der Waals surface area contributed by atoms with Gasteiger partial charge >= 0.3 is 0 Å². The first-order chi connectivity index (χ1) is 17.0. The Morgan fingerprint density at radius 2 is 1.54 bits per heavy atom. The molecule has 2 aromatic carbocycles. The van der Waals surface area contributed by atoms with E-state index < -0.39 is 11.8 Å². The molecule has 0 aromatic heterocycles. The van der Waals surface area contributed by atoms with Gasteiger partial charge in [-0.3, -0.25) is 19.3 Å². The van der Waals surface area contributed by atoms with Gasteiger partial charge in [0.1, 0.15) is 11.8 Å². The number of carbonyl (C=O) groups is 3. The number of hydrogen-bond acceptors (Lipinski definition) is 4. The molecule has 3 aliphatic heterocycles. The van der Waals surface area contributed by atoms with Crippen LogP contribution in [0.25, 0.3) is 0 Å². The largest absolute Gasteiger partial charge is 0.353 e. The molecule has 3 amide bonds. The zero-order chi connectivity index (χ0) is 24.4. The molecule has 3 heterocycles. The zero-order valence-corrected chi connectivity index (χ0v) is 20.3. The smallest absolute Gasteiger partial charge is 0.256 e. The predicted octanol–water partition coefficient (Wildman–Crippen LogP) is 3.02. The molecule has 35 heavy (non-hydrogen) atoms. The second-order valence-electron chi connectivity index (χ2n) is 9.89. The standard InChI is InChI=1S/C28H33N3O4/c1-21-9-11-23(12-10-21)26(33)31-24(27(34)30-15-5-6-16-30)20-35-28(31)13-17-29(18-14-28)25(32)19-22-7-3-2-4-8-22/h2-4,7-12,24H,5-6,13-20H2,1H3. The summed E-state index contributed by atoms with van der Waals surface area (Å²) in [6.07, 6.45) is 3.34. The highest BCUT2D eigenvalue weighted by Crippen LogP contribution is 2.39. The van der Waals surface area contributed by atoms with E-state index in [4.69, 9.17) is 4.74 Å². The summed E-state index contributed by atoms with van der Waals surface area (Å²) in [4.78, 5) is 45.6. The van der Waals surface area contributed by atoms with Crippen LogP contribution in [0.15, 0.2) is 54.6 Å². The van der Waals surface area contributed by atoms with Gasteiger partial charge in [-0.05, 0) is 37.5 Å². The molecule has 1 atom stereocenters. The Morgan fingerprint density at radius 1 is 0.886 bits per heavy atom. The van der Waals surface area contributed by atoms with E-state index in [-0.39, 0.29) is 24.3 Å². The van der Waals surface area contributed by atoms with Crippen LogP contribution < -0.4 is 0 Å². The van der Waals surface area contributed by atoms with Crippen molar-refractivity contribution in [1.29, 1.82) is 0 Å². The Bertz CT molecular complexity index is 1070. The van der Waals surface area contributed by atoms with Crippen LogP contribution >= 0.6 is 0 Å². The lowest BCUT2D eigenvalue weighted by atomic mass is 9.96. The minimum atomic E-state index is -0.869. The lowest BCUT2D eigenvalue weighted by molar-refractivity contribution is -0.144. The molecule has 0 aliphatic carbocycles. The fraction of sp³-hybridized carbons (Fsp3) is 0.464. The maximum Gasteiger partial charge on any atom is 0.256 e. The number of hydrogen-bond donors (Lipinski definition) is 0. The van der Waals surface area contributed by atoms with Gasteiger partial charge in [-0.15, -0.1) is 0 Å². The van der Waals surface area contributed by atoms with E-state index in [1.165, 1.54) is 0 Å². The molecule has 0 radical (unpaired) electrons. The zero-order valence-electron chi connectivity index (χ0n) is 20.3. The van der Waals surface area contributed by atoms with Gasteiger partial charge in [-0.25, -0.2) is 0 Å². The highest BCUT2D eigenvalue weighted by molar-refractivity contribution is 5.98. The van der Waals surface area contributed by atoms with Crippen LogP contribution in [-0.2, 0) is 20.7 Å². The molecule has 1 spiro atoms. The van der Waals surface area contributed by atoms with Crippen molar-refractivity contribution in [1.82, 2.24) is 14.7 Å². The second kappa shape index (κ2) is 9.82. The van der Waals surface area contributed by atoms with Gasteiger partial charge in [0.05, 0.1) is 13.0 Å². The minimum absolute atomic E-state index is 0.0255. The second-order valence-corrected chi connectivity index (χ2v) is 9.89. The first-order valence-electron chi connectivity index (χ1n) is 12.6. The Kier molecular flexibility index (Phi) is 6.60. The molecule has 0 N–H and O–H groups in total. The molecule has 3 aliphatic rings. The molecule has 184 valence electrons. The first kappa shape index (κ1) is 23.5. The summed E-state index contributed by atoms with van der Waals surface area (Å²) in [5, 5.41) is 0. The van der Waals surface area contributed by atoms with Gasteiger partial charge in [-0.2, -0.15) is 0 Å². The van der Waals surface area contributed by atoms with Crippen LogP contribution in [-0.4, -0.2) is 77.0 Å². The number of aryl methyl sites for hydroxylation is 1. The molecular formula is C28H33N3O4. The van der Waals surface area contributed by atoms with E-state index in [1.807, 2.05) is 71.3 Å². The molecule has 3 saturated heterocycles. The third kappa shape index (κ3) is 4.69. The van der Waals surface area contributed by atoms with E-state index in [0.717, 1.165) is 37.1 Å². The van der Waals surface area contributed by atoms with Gasteiger partial charge in [0.15, 0.2) is 0 Å². The molecule has 5 rings (SSSR count). The van der Waals surface area contributed by atoms with Gasteiger partial charge in [0.25, 0.3) is 5.91 Å². The van der Waals surface area contributed by atoms with Crippen LogP contribution in [0.4, 0.5) is 0 Å². The Hall–Kier alpha value is -3.19. The Morgan fingerprint density at radius 3 is 2.20 bits per heavy atom. The lowest BCUT2D eigenvalue weighted by Crippen LogP contribution is -2.60. The average molecular weight is 476 g/mol. The Balaban J connectivity index is 1.35. The van der Waals surface area contributed by atoms with Gasteiger partial charge in [0.2, 0.25) is 11.8 Å². The molecular weight excluding hydrogens is 442 g/mol. The SMILES string of the molecule is Cc1ccc(C(=O)N2C(C(=O)N3CCCC3)COC23CCN(C(=O)Cc2ccccc2)CC3)cc1. The van der Waals surface area contributed by atoms with Crippen molar-refractivity contribution < 1.29 is 19.1 Å². The first-order valence-corrected chi connectivity index (χ1v) is 12.6. The third-order valence-electron chi connectivity index (χ3n) is 7.58. The summed E-state index contributed by atoms with van der Waals surface area (Å²) in [5.74, 6) is -0.128. The predicted molar refractivity (Wildman–Crippen MR) is 132 cm³/mol. The van der Waals surface area contributed by atoms with Crippen molar-refractivity contribution in [3.8, 4) is 0 Å². The molecule has 3 fully saturated rings. The Labute approximate surface area is 206 Å². The lowest BCUT2D eigenvalue weighted by Gasteiger charge is -2.44. The van der Waals surface area contributed by atoms with Crippen molar-refractivity contribution in [2.45, 2.75) is 50.8 Å². The maximum absolute atomic E-state index is 13.8. The highest BCUT2D eigenvalue weighted by atomic mass is 16.5. The average Bonchev–Trinajstić information content (AvgIpc) is 3.54. The van der Waals surface area contributed by atoms with Crippen molar-refractivity contribution in [3.63, 3.8) is 0 Å². The van der Waals surface area contributed by atoms with E-state index in [9.17, 15) is 14.4 Å². The number of carbonyl (C=O) groups excluding carboxylic acids is 3. The molecule has 0 bridgehead atoms. The maximum atomic E-state index is 13.8. The normalized spacial score (nSPS) is 21.5. The fourth-order valence-electron chi connectivity index (χ4n) is 5.53. The molecule has 2 aromatic rings. The summed E-state index contributed by atoms with van der Waals surface area (Å²) < 4.78 is 6.32. The minimum Gasteiger partial charge on any atom is -0.353 e. The summed E-state index contributed by atoms with van der Waals surface area (Å²) >= 11 is 0. The van der Waals surface area contributed by atoms with Crippen molar-refractivity contribution >= 4 is 17.7 Å². The highest BCUT2D eigenvalue weighted by Gasteiger charge is 2.55. The summed E-state index contributed by atoms with van der Waals surface area (Å²) in [7, 11) is 0. The topological polar surface area (TPSA) is 70.2 Å². The molecule has 0 saturated carbocycles. The quantitative estimate of drug-likeness (QED) is 0.682. The number of ether oxygens (including phenoxy) is 1. The summed E-state index contributed by atoms with van der Waals surface area (Å²) in [5.41, 5.74) is 1.75. The van der Waals surface area contributed by atoms with Crippen molar-refractivity contribution in [3.05, 3.63) is 71.3 Å². The molecule has 1 unspecified atom stereocenters. The van der Waals surface area contributed by atoms with E-state index in [1.54, 1.807) is 4.90 Å². The number of piperidine rings is 1. The van der Waals surface area contributed by atoms with E-state index >= 15 is 0 Å². The number of benzene rings is 2. The molecule has 7 heteroatoms. The fourth-order valence-corrected chi connectivity index (χ4v) is 5.53. The van der Waals surface area contributed by atoms with Crippen LogP contribution in [0.2, 0.25) is 0 Å². The van der Waals surface area contributed by atoms with Gasteiger partial charge in [-0.1, -0.05) is 48.0 Å². The van der Waals surface area contributed by atoms with E-state index in [0.29, 0.717) is 37.9 Å². The number of amides is 3. The van der Waals surface area contributed by atoms with Crippen LogP contribution in [0.1, 0.15) is 47.2 Å².